The summed E-state index contributed by atoms with van der Waals surface area (Å²) in [5.41, 5.74) is 0.240. The predicted octanol–water partition coefficient (Wildman–Crippen LogP) is 1.75. The lowest BCUT2D eigenvalue weighted by Crippen LogP contribution is -2.29. The van der Waals surface area contributed by atoms with Crippen LogP contribution in [0, 0.1) is 0 Å². The van der Waals surface area contributed by atoms with Crippen molar-refractivity contribution in [2.24, 2.45) is 0 Å². The van der Waals surface area contributed by atoms with Gasteiger partial charge in [0.05, 0.1) is 12.8 Å². The molecule has 120 valence electrons. The maximum Gasteiger partial charge on any atom is 0.334 e. The first-order chi connectivity index (χ1) is 11.1. The minimum Gasteiger partial charge on any atom is -0.497 e. The van der Waals surface area contributed by atoms with Gasteiger partial charge in [-0.25, -0.2) is 14.3 Å². The van der Waals surface area contributed by atoms with Gasteiger partial charge in [-0.2, -0.15) is 0 Å². The lowest BCUT2D eigenvalue weighted by molar-refractivity contribution is 0.414. The Kier molecular flexibility index (Phi) is 4.01. The van der Waals surface area contributed by atoms with Crippen LogP contribution in [-0.2, 0) is 6.42 Å². The molecule has 2 aromatic heterocycles. The summed E-state index contributed by atoms with van der Waals surface area (Å²) in [6, 6.07) is 7.05. The fourth-order valence-corrected chi connectivity index (χ4v) is 2.50. The highest BCUT2D eigenvalue weighted by molar-refractivity contribution is 5.72. The maximum atomic E-state index is 12.3. The van der Waals surface area contributed by atoms with Crippen molar-refractivity contribution in [2.75, 3.05) is 7.11 Å². The van der Waals surface area contributed by atoms with Gasteiger partial charge in [-0.3, -0.25) is 9.78 Å². The summed E-state index contributed by atoms with van der Waals surface area (Å²) in [6.07, 6.45) is 2.72. The molecule has 0 amide bonds. The molecule has 0 radical (unpaired) electrons. The first kappa shape index (κ1) is 15.1. The second kappa shape index (κ2) is 6.12. The van der Waals surface area contributed by atoms with E-state index in [2.05, 4.69) is 21.9 Å². The van der Waals surface area contributed by atoms with Crippen LogP contribution in [-0.4, -0.2) is 26.6 Å². The predicted molar refractivity (Wildman–Crippen MR) is 87.5 cm³/mol. The van der Waals surface area contributed by atoms with Gasteiger partial charge in [-0.15, -0.1) is 0 Å². The van der Waals surface area contributed by atoms with Gasteiger partial charge in [0.1, 0.15) is 17.1 Å². The van der Waals surface area contributed by atoms with Gasteiger partial charge in [0, 0.05) is 12.5 Å². The number of nitrogens with one attached hydrogen (secondary N) is 2. The number of aromatic nitrogens is 4. The first-order valence-electron chi connectivity index (χ1n) is 7.52. The number of aromatic amines is 2. The molecule has 0 aliphatic carbocycles. The Bertz CT molecular complexity index is 952. The number of hydrogen-bond acceptors (Lipinski definition) is 4. The zero-order chi connectivity index (χ0) is 16.4. The summed E-state index contributed by atoms with van der Waals surface area (Å²) < 4.78 is 6.57. The van der Waals surface area contributed by atoms with Crippen LogP contribution in [0.1, 0.15) is 25.6 Å². The zero-order valence-corrected chi connectivity index (χ0v) is 13.0. The molecule has 3 rings (SSSR count). The van der Waals surface area contributed by atoms with Crippen molar-refractivity contribution in [1.82, 2.24) is 19.5 Å². The molecule has 7 nitrogen and oxygen atoms in total. The number of unbranched alkanes of at least 4 members (excludes halogenated alkanes) is 1. The standard InChI is InChI=1S/C16H18N4O3/c1-3-4-8-12-17-13-14(18-12)20(16(22)19-15(13)21)10-6-5-7-11(9-10)23-2/h5-7,9H,3-4,8H2,1-2H3,(H,17,18)(H,19,21,22). The SMILES string of the molecule is CCCCc1nc2c([nH]1)c(=O)[nH]c(=O)n2-c1cccc(OC)c1. The van der Waals surface area contributed by atoms with Crippen molar-refractivity contribution in [3.63, 3.8) is 0 Å². The number of benzene rings is 1. The third-order valence-electron chi connectivity index (χ3n) is 3.67. The molecular formula is C16H18N4O3. The summed E-state index contributed by atoms with van der Waals surface area (Å²) in [7, 11) is 1.56. The van der Waals surface area contributed by atoms with E-state index < -0.39 is 11.2 Å². The van der Waals surface area contributed by atoms with Crippen molar-refractivity contribution in [3.05, 3.63) is 50.9 Å². The van der Waals surface area contributed by atoms with Gasteiger partial charge in [0.25, 0.3) is 5.56 Å². The molecule has 0 spiro atoms. The van der Waals surface area contributed by atoms with Gasteiger partial charge in [0.15, 0.2) is 5.65 Å². The van der Waals surface area contributed by atoms with Crippen molar-refractivity contribution in [1.29, 1.82) is 0 Å². The average Bonchev–Trinajstić information content (AvgIpc) is 2.97. The second-order valence-electron chi connectivity index (χ2n) is 5.28. The fourth-order valence-electron chi connectivity index (χ4n) is 2.50. The summed E-state index contributed by atoms with van der Waals surface area (Å²) in [5.74, 6) is 1.32. The van der Waals surface area contributed by atoms with Crippen LogP contribution < -0.4 is 16.0 Å². The Morgan fingerprint density at radius 2 is 2.09 bits per heavy atom. The fraction of sp³-hybridized carbons (Fsp3) is 0.312. The number of H-pyrrole nitrogens is 2. The molecule has 1 aromatic carbocycles. The number of ether oxygens (including phenoxy) is 1. The van der Waals surface area contributed by atoms with Crippen LogP contribution in [0.3, 0.4) is 0 Å². The van der Waals surface area contributed by atoms with Gasteiger partial charge in [-0.1, -0.05) is 19.4 Å². The number of fused-ring (bicyclic) bond motifs is 1. The first-order valence-corrected chi connectivity index (χ1v) is 7.52. The van der Waals surface area contributed by atoms with E-state index >= 15 is 0 Å². The topological polar surface area (TPSA) is 92.8 Å². The van der Waals surface area contributed by atoms with Gasteiger partial charge in [-0.05, 0) is 18.6 Å². The van der Waals surface area contributed by atoms with Crippen molar-refractivity contribution in [3.8, 4) is 11.4 Å². The molecule has 0 aliphatic rings. The normalized spacial score (nSPS) is 11.0. The summed E-state index contributed by atoms with van der Waals surface area (Å²) in [6.45, 7) is 2.08. The number of imidazole rings is 1. The van der Waals surface area contributed by atoms with Gasteiger partial charge < -0.3 is 9.72 Å². The van der Waals surface area contributed by atoms with Crippen LogP contribution >= 0.6 is 0 Å². The molecule has 2 heterocycles. The molecule has 0 atom stereocenters. The maximum absolute atomic E-state index is 12.3. The van der Waals surface area contributed by atoms with E-state index in [1.807, 2.05) is 0 Å². The molecule has 0 bridgehead atoms. The summed E-state index contributed by atoms with van der Waals surface area (Å²) >= 11 is 0. The van der Waals surface area contributed by atoms with Crippen molar-refractivity contribution < 1.29 is 4.74 Å². The number of aryl methyl sites for hydroxylation is 1. The highest BCUT2D eigenvalue weighted by Crippen LogP contribution is 2.18. The Morgan fingerprint density at radius 1 is 1.26 bits per heavy atom. The molecular weight excluding hydrogens is 296 g/mol. The Labute approximate surface area is 132 Å². The summed E-state index contributed by atoms with van der Waals surface area (Å²) in [4.78, 5) is 34.1. The minimum atomic E-state index is -0.524. The Hall–Kier alpha value is -2.83. The highest BCUT2D eigenvalue weighted by atomic mass is 16.5. The lowest BCUT2D eigenvalue weighted by Gasteiger charge is -2.07. The van der Waals surface area contributed by atoms with Crippen LogP contribution in [0.2, 0.25) is 0 Å². The van der Waals surface area contributed by atoms with Crippen LogP contribution in [0.5, 0.6) is 5.75 Å². The van der Waals surface area contributed by atoms with E-state index in [1.165, 1.54) is 4.57 Å². The molecule has 7 heteroatoms. The number of nitrogens with zero attached hydrogens (tertiary/aromatic N) is 2. The smallest absolute Gasteiger partial charge is 0.334 e. The monoisotopic (exact) mass is 314 g/mol. The number of hydrogen-bond donors (Lipinski definition) is 2. The van der Waals surface area contributed by atoms with Crippen LogP contribution in [0.15, 0.2) is 33.9 Å². The number of rotatable bonds is 5. The molecule has 0 fully saturated rings. The second-order valence-corrected chi connectivity index (χ2v) is 5.28. The van der Waals surface area contributed by atoms with E-state index in [0.717, 1.165) is 19.3 Å². The Balaban J connectivity index is 2.24. The minimum absolute atomic E-state index is 0.304. The lowest BCUT2D eigenvalue weighted by atomic mass is 10.2. The third kappa shape index (κ3) is 2.77. The van der Waals surface area contributed by atoms with Crippen molar-refractivity contribution in [2.45, 2.75) is 26.2 Å². The van der Waals surface area contributed by atoms with Crippen LogP contribution in [0.4, 0.5) is 0 Å². The van der Waals surface area contributed by atoms with E-state index in [4.69, 9.17) is 4.74 Å². The van der Waals surface area contributed by atoms with Crippen molar-refractivity contribution >= 4 is 11.2 Å². The molecule has 0 unspecified atom stereocenters. The molecule has 23 heavy (non-hydrogen) atoms. The average molecular weight is 314 g/mol. The zero-order valence-electron chi connectivity index (χ0n) is 13.0. The molecule has 0 aliphatic heterocycles. The summed E-state index contributed by atoms with van der Waals surface area (Å²) in [5, 5.41) is 0. The largest absolute Gasteiger partial charge is 0.497 e. The van der Waals surface area contributed by atoms with Gasteiger partial charge in [0.2, 0.25) is 0 Å². The number of methoxy groups -OCH3 is 1. The van der Waals surface area contributed by atoms with E-state index in [0.29, 0.717) is 28.4 Å². The van der Waals surface area contributed by atoms with E-state index in [-0.39, 0.29) is 0 Å². The van der Waals surface area contributed by atoms with E-state index in [1.54, 1.807) is 31.4 Å². The third-order valence-corrected chi connectivity index (χ3v) is 3.67. The quantitative estimate of drug-likeness (QED) is 0.750. The molecule has 3 aromatic rings. The molecule has 2 N–H and O–H groups in total. The Morgan fingerprint density at radius 3 is 2.83 bits per heavy atom. The molecule has 0 saturated heterocycles. The highest BCUT2D eigenvalue weighted by Gasteiger charge is 2.14. The van der Waals surface area contributed by atoms with Gasteiger partial charge >= 0.3 is 5.69 Å². The van der Waals surface area contributed by atoms with E-state index in [9.17, 15) is 9.59 Å². The molecule has 0 saturated carbocycles. The van der Waals surface area contributed by atoms with Crippen LogP contribution in [0.25, 0.3) is 16.9 Å².